The highest BCUT2D eigenvalue weighted by Gasteiger charge is 2.19. The second-order valence-electron chi connectivity index (χ2n) is 5.27. The molecule has 1 aliphatic heterocycles. The highest BCUT2D eigenvalue weighted by Crippen LogP contribution is 2.23. The van der Waals surface area contributed by atoms with Crippen LogP contribution in [0.15, 0.2) is 18.2 Å². The maximum atomic E-state index is 11.4. The van der Waals surface area contributed by atoms with Gasteiger partial charge in [0.15, 0.2) is 0 Å². The summed E-state index contributed by atoms with van der Waals surface area (Å²) in [4.78, 5) is 13.7. The molecule has 6 heteroatoms. The van der Waals surface area contributed by atoms with Crippen LogP contribution in [0.5, 0.6) is 0 Å². The molecule has 1 atom stereocenters. The van der Waals surface area contributed by atoms with E-state index in [9.17, 15) is 4.79 Å². The average Bonchev–Trinajstić information content (AvgIpc) is 2.38. The topological polar surface area (TPSA) is 90.6 Å². The van der Waals surface area contributed by atoms with Crippen molar-refractivity contribution >= 4 is 11.6 Å². The third-order valence-corrected chi connectivity index (χ3v) is 3.56. The van der Waals surface area contributed by atoms with Gasteiger partial charge in [-0.3, -0.25) is 9.69 Å². The van der Waals surface area contributed by atoms with Gasteiger partial charge in [-0.25, -0.2) is 0 Å². The van der Waals surface area contributed by atoms with Crippen molar-refractivity contribution in [3.8, 4) is 0 Å². The molecular weight excluding hydrogens is 256 g/mol. The molecule has 20 heavy (non-hydrogen) atoms. The highest BCUT2D eigenvalue weighted by atomic mass is 16.5. The van der Waals surface area contributed by atoms with E-state index in [0.717, 1.165) is 31.7 Å². The Morgan fingerprint density at radius 2 is 2.35 bits per heavy atom. The molecule has 1 aromatic rings. The molecule has 1 heterocycles. The molecule has 110 valence electrons. The summed E-state index contributed by atoms with van der Waals surface area (Å²) in [6.45, 7) is 4.47. The first-order valence-electron chi connectivity index (χ1n) is 6.85. The molecule has 1 aromatic carbocycles. The molecule has 0 aliphatic carbocycles. The fourth-order valence-corrected chi connectivity index (χ4v) is 2.68. The van der Waals surface area contributed by atoms with Crippen molar-refractivity contribution in [1.29, 1.82) is 0 Å². The second kappa shape index (κ2) is 6.69. The van der Waals surface area contributed by atoms with Crippen molar-refractivity contribution in [2.45, 2.75) is 25.9 Å². The third kappa shape index (κ3) is 3.69. The summed E-state index contributed by atoms with van der Waals surface area (Å²) in [6.07, 6.45) is 0.945. The lowest BCUT2D eigenvalue weighted by Crippen LogP contribution is -2.45. The zero-order valence-corrected chi connectivity index (χ0v) is 11.7. The van der Waals surface area contributed by atoms with Crippen LogP contribution in [0.4, 0.5) is 5.69 Å². The monoisotopic (exact) mass is 278 g/mol. The van der Waals surface area contributed by atoms with Gasteiger partial charge in [0.1, 0.15) is 0 Å². The van der Waals surface area contributed by atoms with Crippen molar-refractivity contribution in [2.75, 3.05) is 25.4 Å². The number of nitrogens with two attached hydrogens (primary N) is 1. The van der Waals surface area contributed by atoms with Crippen LogP contribution in [0.2, 0.25) is 0 Å². The van der Waals surface area contributed by atoms with E-state index in [0.29, 0.717) is 0 Å². The first kappa shape index (κ1) is 14.8. The first-order valence-corrected chi connectivity index (χ1v) is 6.85. The molecule has 0 unspecified atom stereocenters. The number of benzene rings is 1. The van der Waals surface area contributed by atoms with Crippen LogP contribution in [0.3, 0.4) is 0 Å². The number of hydroxylamine groups is 1. The SMILES string of the molecule is C[C@@H](CN1CCc2c(N)cccc2C1)NC(=O)CNO. The molecule has 1 aliphatic rings. The van der Waals surface area contributed by atoms with Gasteiger partial charge >= 0.3 is 0 Å². The van der Waals surface area contributed by atoms with E-state index in [1.54, 1.807) is 0 Å². The van der Waals surface area contributed by atoms with E-state index in [-0.39, 0.29) is 18.5 Å². The Morgan fingerprint density at radius 3 is 3.10 bits per heavy atom. The van der Waals surface area contributed by atoms with Crippen molar-refractivity contribution in [3.05, 3.63) is 29.3 Å². The predicted molar refractivity (Wildman–Crippen MR) is 77.2 cm³/mol. The van der Waals surface area contributed by atoms with Gasteiger partial charge in [0.05, 0.1) is 6.54 Å². The number of amides is 1. The van der Waals surface area contributed by atoms with Crippen molar-refractivity contribution < 1.29 is 10.0 Å². The summed E-state index contributed by atoms with van der Waals surface area (Å²) in [5, 5.41) is 11.3. The van der Waals surface area contributed by atoms with E-state index in [2.05, 4.69) is 16.3 Å². The number of fused-ring (bicyclic) bond motifs is 1. The molecule has 1 amide bonds. The van der Waals surface area contributed by atoms with Gasteiger partial charge < -0.3 is 16.3 Å². The Kier molecular flexibility index (Phi) is 4.94. The Morgan fingerprint density at radius 1 is 1.55 bits per heavy atom. The van der Waals surface area contributed by atoms with Gasteiger partial charge in [-0.1, -0.05) is 12.1 Å². The summed E-state index contributed by atoms with van der Waals surface area (Å²) in [6, 6.07) is 6.07. The van der Waals surface area contributed by atoms with Gasteiger partial charge in [0.2, 0.25) is 5.91 Å². The van der Waals surface area contributed by atoms with Gasteiger partial charge in [0, 0.05) is 31.4 Å². The summed E-state index contributed by atoms with van der Waals surface area (Å²) < 4.78 is 0. The number of anilines is 1. The van der Waals surface area contributed by atoms with Crippen molar-refractivity contribution in [2.24, 2.45) is 0 Å². The molecule has 0 saturated carbocycles. The number of nitrogens with zero attached hydrogens (tertiary/aromatic N) is 1. The lowest BCUT2D eigenvalue weighted by Gasteiger charge is -2.31. The van der Waals surface area contributed by atoms with E-state index >= 15 is 0 Å². The summed E-state index contributed by atoms with van der Waals surface area (Å²) in [7, 11) is 0. The lowest BCUT2D eigenvalue weighted by molar-refractivity contribution is -0.122. The molecule has 0 radical (unpaired) electrons. The van der Waals surface area contributed by atoms with Crippen LogP contribution in [0.25, 0.3) is 0 Å². The minimum Gasteiger partial charge on any atom is -0.398 e. The maximum absolute atomic E-state index is 11.4. The van der Waals surface area contributed by atoms with Crippen molar-refractivity contribution in [3.63, 3.8) is 0 Å². The Balaban J connectivity index is 1.88. The van der Waals surface area contributed by atoms with Gasteiger partial charge in [0.25, 0.3) is 0 Å². The number of nitrogens with one attached hydrogen (secondary N) is 2. The quantitative estimate of drug-likeness (QED) is 0.453. The molecule has 0 aromatic heterocycles. The first-order chi connectivity index (χ1) is 9.60. The summed E-state index contributed by atoms with van der Waals surface area (Å²) in [5.41, 5.74) is 11.2. The van der Waals surface area contributed by atoms with Crippen molar-refractivity contribution in [1.82, 2.24) is 15.7 Å². The van der Waals surface area contributed by atoms with Crippen LogP contribution in [-0.2, 0) is 17.8 Å². The molecule has 0 spiro atoms. The van der Waals surface area contributed by atoms with Crippen LogP contribution in [0.1, 0.15) is 18.1 Å². The molecule has 0 bridgehead atoms. The summed E-state index contributed by atoms with van der Waals surface area (Å²) >= 11 is 0. The standard InChI is InChI=1S/C14H22N4O2/c1-10(17-14(19)7-16-20)8-18-6-5-12-11(9-18)3-2-4-13(12)15/h2-4,10,16,20H,5-9,15H2,1H3,(H,17,19)/t10-/m0/s1. The Hall–Kier alpha value is -1.63. The third-order valence-electron chi connectivity index (χ3n) is 3.56. The zero-order valence-electron chi connectivity index (χ0n) is 11.7. The van der Waals surface area contributed by atoms with Gasteiger partial charge in [-0.2, -0.15) is 5.48 Å². The fraction of sp³-hybridized carbons (Fsp3) is 0.500. The minimum atomic E-state index is -0.207. The van der Waals surface area contributed by atoms with E-state index in [1.165, 1.54) is 11.1 Å². The molecule has 0 fully saturated rings. The highest BCUT2D eigenvalue weighted by molar-refractivity contribution is 5.78. The average molecular weight is 278 g/mol. The van der Waals surface area contributed by atoms with Gasteiger partial charge in [-0.15, -0.1) is 0 Å². The fourth-order valence-electron chi connectivity index (χ4n) is 2.68. The van der Waals surface area contributed by atoms with Crippen LogP contribution >= 0.6 is 0 Å². The minimum absolute atomic E-state index is 0.0402. The second-order valence-corrected chi connectivity index (χ2v) is 5.27. The lowest BCUT2D eigenvalue weighted by atomic mass is 9.98. The smallest absolute Gasteiger partial charge is 0.236 e. The molecule has 2 rings (SSSR count). The van der Waals surface area contributed by atoms with Crippen LogP contribution < -0.4 is 16.5 Å². The molecule has 5 N–H and O–H groups in total. The van der Waals surface area contributed by atoms with Gasteiger partial charge in [-0.05, 0) is 30.5 Å². The number of rotatable bonds is 5. The van der Waals surface area contributed by atoms with E-state index in [4.69, 9.17) is 10.9 Å². The number of carbonyl (C=O) groups excluding carboxylic acids is 1. The Labute approximate surface area is 118 Å². The summed E-state index contributed by atoms with van der Waals surface area (Å²) in [5.74, 6) is -0.207. The normalized spacial score (nSPS) is 16.5. The molecule has 6 nitrogen and oxygen atoms in total. The molecule has 0 saturated heterocycles. The predicted octanol–water partition coefficient (Wildman–Crippen LogP) is 0.110. The van der Waals surface area contributed by atoms with Crippen LogP contribution in [0, 0.1) is 0 Å². The largest absolute Gasteiger partial charge is 0.398 e. The number of nitrogen functional groups attached to an aromatic ring is 1. The maximum Gasteiger partial charge on any atom is 0.236 e. The number of hydrogen-bond donors (Lipinski definition) is 4. The zero-order chi connectivity index (χ0) is 14.5. The number of carbonyl (C=O) groups is 1. The number of hydrogen-bond acceptors (Lipinski definition) is 5. The Bertz CT molecular complexity index is 478. The molecular formula is C14H22N4O2. The van der Waals surface area contributed by atoms with E-state index < -0.39 is 0 Å². The van der Waals surface area contributed by atoms with E-state index in [1.807, 2.05) is 24.5 Å². The van der Waals surface area contributed by atoms with Crippen LogP contribution in [-0.4, -0.2) is 41.7 Å².